The minimum Gasteiger partial charge on any atom is -0.465 e. The predicted octanol–water partition coefficient (Wildman–Crippen LogP) is 1.41. The van der Waals surface area contributed by atoms with Gasteiger partial charge in [-0.15, -0.1) is 0 Å². The minimum atomic E-state index is -0.767. The highest BCUT2D eigenvalue weighted by molar-refractivity contribution is 6.03. The van der Waals surface area contributed by atoms with E-state index < -0.39 is 41.7 Å². The van der Waals surface area contributed by atoms with Crippen molar-refractivity contribution in [2.45, 2.75) is 39.8 Å². The first kappa shape index (κ1) is 28.0. The Hall–Kier alpha value is -4.22. The van der Waals surface area contributed by atoms with Gasteiger partial charge in [-0.05, 0) is 45.9 Å². The average molecular weight is 502 g/mol. The van der Waals surface area contributed by atoms with Crippen molar-refractivity contribution in [1.29, 1.82) is 0 Å². The number of hydrogen-bond acceptors (Lipinski definition) is 8. The molecule has 0 fully saturated rings. The fourth-order valence-electron chi connectivity index (χ4n) is 2.90. The largest absolute Gasteiger partial charge is 0.465 e. The minimum absolute atomic E-state index is 0.0116. The van der Waals surface area contributed by atoms with E-state index in [1.54, 1.807) is 58.0 Å². The molecule has 3 amide bonds. The van der Waals surface area contributed by atoms with Gasteiger partial charge in [0.2, 0.25) is 5.91 Å². The van der Waals surface area contributed by atoms with Crippen molar-refractivity contribution in [3.05, 3.63) is 58.6 Å². The average Bonchev–Trinajstić information content (AvgIpc) is 2.79. The fourth-order valence-corrected chi connectivity index (χ4v) is 2.90. The number of anilines is 1. The van der Waals surface area contributed by atoms with Gasteiger partial charge >= 0.3 is 17.8 Å². The van der Waals surface area contributed by atoms with Crippen LogP contribution in [0.15, 0.2) is 47.4 Å². The highest BCUT2D eigenvalue weighted by Gasteiger charge is 2.21. The number of carbonyl (C=O) groups excluding carboxylic acids is 4. The first-order valence-electron chi connectivity index (χ1n) is 11.3. The third kappa shape index (κ3) is 9.57. The monoisotopic (exact) mass is 501 g/mol. The van der Waals surface area contributed by atoms with E-state index in [9.17, 15) is 24.0 Å². The number of amides is 3. The van der Waals surface area contributed by atoms with Crippen LogP contribution in [0, 0.1) is 0 Å². The van der Waals surface area contributed by atoms with E-state index in [2.05, 4.69) is 15.6 Å². The lowest BCUT2D eigenvalue weighted by Gasteiger charge is -2.23. The summed E-state index contributed by atoms with van der Waals surface area (Å²) < 4.78 is 11.1. The van der Waals surface area contributed by atoms with E-state index in [0.717, 1.165) is 9.47 Å². The summed E-state index contributed by atoms with van der Waals surface area (Å²) in [5.74, 6) is -1.61. The van der Waals surface area contributed by atoms with Crippen molar-refractivity contribution in [2.75, 3.05) is 31.6 Å². The third-order valence-electron chi connectivity index (χ3n) is 4.49. The number of ether oxygens (including phenoxy) is 2. The molecular weight excluding hydrogens is 470 g/mol. The Labute approximate surface area is 208 Å². The molecule has 2 aromatic rings. The summed E-state index contributed by atoms with van der Waals surface area (Å²) in [7, 11) is 0. The number of aromatic nitrogens is 2. The van der Waals surface area contributed by atoms with Gasteiger partial charge in [0.1, 0.15) is 24.5 Å². The lowest BCUT2D eigenvalue weighted by molar-refractivity contribution is -0.149. The van der Waals surface area contributed by atoms with E-state index in [1.807, 2.05) is 0 Å². The van der Waals surface area contributed by atoms with Gasteiger partial charge in [-0.1, -0.05) is 18.2 Å². The number of nitrogens with one attached hydrogen (secondary N) is 2. The highest BCUT2D eigenvalue weighted by Crippen LogP contribution is 2.07. The summed E-state index contributed by atoms with van der Waals surface area (Å²) in [6.07, 6.45) is 0.648. The van der Waals surface area contributed by atoms with Crippen molar-refractivity contribution < 1.29 is 28.7 Å². The van der Waals surface area contributed by atoms with Gasteiger partial charge < -0.3 is 25.0 Å². The molecule has 0 atom stereocenters. The molecule has 0 radical (unpaired) electrons. The van der Waals surface area contributed by atoms with Gasteiger partial charge in [0.25, 0.3) is 5.91 Å². The Morgan fingerprint density at radius 1 is 1.08 bits per heavy atom. The normalized spacial score (nSPS) is 10.8. The zero-order valence-corrected chi connectivity index (χ0v) is 20.8. The van der Waals surface area contributed by atoms with Crippen LogP contribution in [-0.4, -0.2) is 70.2 Å². The Morgan fingerprint density at radius 2 is 1.78 bits per heavy atom. The molecule has 2 rings (SSSR count). The van der Waals surface area contributed by atoms with Crippen LogP contribution >= 0.6 is 0 Å². The second-order valence-electron chi connectivity index (χ2n) is 8.59. The molecule has 194 valence electrons. The Balaban J connectivity index is 2.04. The first-order chi connectivity index (χ1) is 17.0. The van der Waals surface area contributed by atoms with Gasteiger partial charge in [0.15, 0.2) is 0 Å². The predicted molar refractivity (Wildman–Crippen MR) is 130 cm³/mol. The molecule has 0 unspecified atom stereocenters. The molecule has 0 bridgehead atoms. The summed E-state index contributed by atoms with van der Waals surface area (Å²) in [6.45, 7) is 6.13. The van der Waals surface area contributed by atoms with E-state index in [1.165, 1.54) is 12.3 Å². The number of alkyl carbamates (subject to hydrolysis) is 1. The van der Waals surface area contributed by atoms with Crippen LogP contribution in [-0.2, 0) is 25.6 Å². The maximum atomic E-state index is 12.9. The molecule has 1 aromatic heterocycles. The molecule has 0 aliphatic carbocycles. The molecule has 0 spiro atoms. The zero-order valence-electron chi connectivity index (χ0n) is 20.8. The highest BCUT2D eigenvalue weighted by atomic mass is 16.6. The van der Waals surface area contributed by atoms with E-state index >= 15 is 0 Å². The van der Waals surface area contributed by atoms with Gasteiger partial charge in [-0.3, -0.25) is 19.0 Å². The van der Waals surface area contributed by atoms with Crippen LogP contribution in [0.3, 0.4) is 0 Å². The van der Waals surface area contributed by atoms with Crippen molar-refractivity contribution in [2.24, 2.45) is 0 Å². The maximum absolute atomic E-state index is 12.9. The summed E-state index contributed by atoms with van der Waals surface area (Å²) in [5.41, 5.74) is -1.06. The van der Waals surface area contributed by atoms with Crippen LogP contribution in [0.5, 0.6) is 0 Å². The first-order valence-corrected chi connectivity index (χ1v) is 11.3. The van der Waals surface area contributed by atoms with E-state index in [0.29, 0.717) is 5.56 Å². The van der Waals surface area contributed by atoms with Crippen LogP contribution < -0.4 is 16.3 Å². The number of benzene rings is 1. The van der Waals surface area contributed by atoms with E-state index in [4.69, 9.17) is 9.47 Å². The fraction of sp³-hybridized carbons (Fsp3) is 0.417. The lowest BCUT2D eigenvalue weighted by Crippen LogP contribution is -2.44. The summed E-state index contributed by atoms with van der Waals surface area (Å²) in [5, 5.41) is 5.04. The van der Waals surface area contributed by atoms with E-state index in [-0.39, 0.29) is 32.1 Å². The molecule has 0 aliphatic heterocycles. The van der Waals surface area contributed by atoms with Crippen molar-refractivity contribution in [3.63, 3.8) is 0 Å². The maximum Gasteiger partial charge on any atom is 0.407 e. The Bertz CT molecular complexity index is 1130. The number of esters is 1. The molecule has 0 saturated carbocycles. The SMILES string of the molecule is CCOC(=O)CN(CCNC(=O)OC(C)(C)C)C(=O)Cn1ccc(NC(=O)c2ccccc2)nc1=O. The quantitative estimate of drug-likeness (QED) is 0.464. The van der Waals surface area contributed by atoms with Crippen LogP contribution in [0.4, 0.5) is 10.6 Å². The molecule has 12 nitrogen and oxygen atoms in total. The molecule has 36 heavy (non-hydrogen) atoms. The Morgan fingerprint density at radius 3 is 2.39 bits per heavy atom. The summed E-state index contributed by atoms with van der Waals surface area (Å²) in [6, 6.07) is 9.80. The summed E-state index contributed by atoms with van der Waals surface area (Å²) in [4.78, 5) is 66.4. The van der Waals surface area contributed by atoms with Gasteiger partial charge in [0.05, 0.1) is 6.61 Å². The van der Waals surface area contributed by atoms with Gasteiger partial charge in [0, 0.05) is 24.8 Å². The van der Waals surface area contributed by atoms with Crippen LogP contribution in [0.25, 0.3) is 0 Å². The molecule has 2 N–H and O–H groups in total. The number of hydrogen-bond donors (Lipinski definition) is 2. The second-order valence-corrected chi connectivity index (χ2v) is 8.59. The smallest absolute Gasteiger partial charge is 0.407 e. The zero-order chi connectivity index (χ0) is 26.7. The molecule has 0 aliphatic rings. The lowest BCUT2D eigenvalue weighted by atomic mass is 10.2. The summed E-state index contributed by atoms with van der Waals surface area (Å²) >= 11 is 0. The van der Waals surface area contributed by atoms with Gasteiger partial charge in [-0.2, -0.15) is 4.98 Å². The number of carbonyl (C=O) groups is 4. The third-order valence-corrected chi connectivity index (χ3v) is 4.49. The molecule has 1 aromatic carbocycles. The molecule has 1 heterocycles. The van der Waals surface area contributed by atoms with Crippen LogP contribution in [0.1, 0.15) is 38.1 Å². The molecule has 12 heteroatoms. The van der Waals surface area contributed by atoms with Gasteiger partial charge in [-0.25, -0.2) is 9.59 Å². The van der Waals surface area contributed by atoms with Crippen molar-refractivity contribution >= 4 is 29.7 Å². The number of nitrogens with zero attached hydrogens (tertiary/aromatic N) is 3. The standard InChI is InChI=1S/C24H31N5O7/c1-5-35-20(31)16-28(14-12-25-23(34)36-24(2,3)4)19(30)15-29-13-11-18(27-22(29)33)26-21(32)17-9-7-6-8-10-17/h6-11,13H,5,12,14-16H2,1-4H3,(H,25,34)(H,26,27,32,33). The molecular formula is C24H31N5O7. The topological polar surface area (TPSA) is 149 Å². The van der Waals surface area contributed by atoms with Crippen LogP contribution in [0.2, 0.25) is 0 Å². The number of rotatable bonds is 10. The van der Waals surface area contributed by atoms with Crippen molar-refractivity contribution in [3.8, 4) is 0 Å². The second kappa shape index (κ2) is 13.0. The Kier molecular flexibility index (Phi) is 10.1. The molecule has 0 saturated heterocycles. The van der Waals surface area contributed by atoms with Crippen molar-refractivity contribution in [1.82, 2.24) is 19.8 Å².